The van der Waals surface area contributed by atoms with E-state index in [0.717, 1.165) is 66.0 Å². The standard InChI is InChI=1S/C55H69N11O19S2/c1-26-24-66-45(46(26)74)51(79)57-23-33(68)20-35(58-47(75)29-7-9-30(10-8-29)52-62-63-53(86-52)31-11-13-32(14-12-31)64-16-4-3-5-17-64)48(76)59-42(27(2)67)54(80)65-25-34(69)21-36(65)49(77)60-43(50(78)61-44(55(66)81)39(72)22-41(56)73)38(71)18-28-6-15-37(70)40(19-28)83-87-85-84-82/h6-15,19,26-27,33-36,38-39,42-46,67-72,74,82H,3-5,16-18,20-25H2,1-2H3,(H2,56,73)(H,57,79)(H,58,75)(H,59,76)(H,60,77)(H,61,78). The summed E-state index contributed by atoms with van der Waals surface area (Å²) in [6.45, 7) is 2.87. The van der Waals surface area contributed by atoms with Crippen LogP contribution in [0.2, 0.25) is 0 Å². The van der Waals surface area contributed by atoms with Gasteiger partial charge in [-0.25, -0.2) is 5.26 Å². The van der Waals surface area contributed by atoms with Crippen LogP contribution in [0, 0.1) is 5.92 Å². The van der Waals surface area contributed by atoms with Crippen LogP contribution in [0.3, 0.4) is 0 Å². The number of primary amides is 1. The first-order chi connectivity index (χ1) is 41.5. The molecule has 0 bridgehead atoms. The molecule has 3 aromatic carbocycles. The molecule has 4 aromatic rings. The number of aromatic hydroxyl groups is 1. The number of amides is 8. The normalized spacial score (nSPS) is 26.5. The van der Waals surface area contributed by atoms with E-state index in [2.05, 4.69) is 63.2 Å². The molecule has 30 nitrogen and oxygen atoms in total. The summed E-state index contributed by atoms with van der Waals surface area (Å²) in [5.74, 6) is -11.0. The van der Waals surface area contributed by atoms with E-state index in [-0.39, 0.29) is 29.2 Å². The lowest BCUT2D eigenvalue weighted by Gasteiger charge is -2.33. The highest BCUT2D eigenvalue weighted by molar-refractivity contribution is 7.90. The number of carbonyl (C=O) groups is 8. The molecule has 4 aliphatic rings. The third-order valence-corrected chi connectivity index (χ3v) is 16.8. The van der Waals surface area contributed by atoms with Crippen molar-refractivity contribution in [2.75, 3.05) is 37.6 Å². The monoisotopic (exact) mass is 1250 g/mol. The van der Waals surface area contributed by atoms with Gasteiger partial charge in [0, 0.05) is 80.3 Å². The summed E-state index contributed by atoms with van der Waals surface area (Å²) in [5, 5.41) is 112. The summed E-state index contributed by atoms with van der Waals surface area (Å²) >= 11 is 1.38. The van der Waals surface area contributed by atoms with Gasteiger partial charge in [0.1, 0.15) is 46.3 Å². The fraction of sp³-hybridized carbons (Fsp3) is 0.491. The summed E-state index contributed by atoms with van der Waals surface area (Å²) in [4.78, 5) is 117. The van der Waals surface area contributed by atoms with Crippen LogP contribution in [0.15, 0.2) is 66.7 Å². The zero-order chi connectivity index (χ0) is 62.8. The maximum Gasteiger partial charge on any atom is 0.261 e. The lowest BCUT2D eigenvalue weighted by atomic mass is 9.98. The molecule has 0 aliphatic carbocycles. The maximum absolute atomic E-state index is 14.7. The topological polar surface area (TPSA) is 448 Å². The van der Waals surface area contributed by atoms with E-state index in [4.69, 9.17) is 15.2 Å². The number of anilines is 1. The van der Waals surface area contributed by atoms with E-state index < -0.39 is 177 Å². The third-order valence-electron chi connectivity index (χ3n) is 15.5. The van der Waals surface area contributed by atoms with Crippen molar-refractivity contribution in [2.24, 2.45) is 11.7 Å². The molecule has 4 fully saturated rings. The first-order valence-corrected chi connectivity index (χ1v) is 29.4. The quantitative estimate of drug-likeness (QED) is 0.0244. The molecule has 87 heavy (non-hydrogen) atoms. The third kappa shape index (κ3) is 16.1. The molecule has 13 atom stereocenters. The SMILES string of the molecule is CC(O)C1NC(=O)C(NC(=O)c2ccc(-c3nnc(-c4ccc(N5CCCCC5)cc4)s3)cc2)CC(O)CNC(=O)C2C(O)C(C)CN2C(=O)C(C(O)CC(N)=O)NC(=O)C(C(O)Cc2ccc(O)c(OSOOO)c2)NC(=O)C2CC(O)CN2C1=O. The van der Waals surface area contributed by atoms with Crippen LogP contribution >= 0.6 is 23.7 Å². The fourth-order valence-corrected chi connectivity index (χ4v) is 12.0. The number of aliphatic hydroxyl groups excluding tert-OH is 6. The van der Waals surface area contributed by atoms with Crippen molar-refractivity contribution in [1.82, 2.24) is 46.6 Å². The number of benzene rings is 3. The number of hydrogen-bond donors (Lipinski definition) is 14. The Labute approximate surface area is 505 Å². The number of nitrogens with one attached hydrogen (secondary N) is 5. The molecular weight excluding hydrogens is 1180 g/mol. The van der Waals surface area contributed by atoms with Gasteiger partial charge in [0.2, 0.25) is 41.4 Å². The molecule has 8 amide bonds. The van der Waals surface area contributed by atoms with Crippen LogP contribution in [0.1, 0.15) is 68.3 Å². The molecule has 4 aliphatic heterocycles. The first kappa shape index (κ1) is 65.3. The molecule has 5 heterocycles. The summed E-state index contributed by atoms with van der Waals surface area (Å²) in [6, 6.07) is 6.05. The Morgan fingerprint density at radius 3 is 2.05 bits per heavy atom. The second-order valence-corrected chi connectivity index (χ2v) is 23.3. The number of β-amino-alcohol motifs (C(OH)–C–C–N with tert-alkyl or cyclic N) is 1. The van der Waals surface area contributed by atoms with E-state index in [1.165, 1.54) is 42.9 Å². The zero-order valence-corrected chi connectivity index (χ0v) is 48.7. The second-order valence-electron chi connectivity index (χ2n) is 21.8. The minimum atomic E-state index is -2.21. The van der Waals surface area contributed by atoms with Gasteiger partial charge >= 0.3 is 0 Å². The summed E-state index contributed by atoms with van der Waals surface area (Å²) in [6.07, 6.45) is -10.1. The smallest absolute Gasteiger partial charge is 0.261 e. The van der Waals surface area contributed by atoms with Crippen molar-refractivity contribution in [3.63, 3.8) is 0 Å². The molecule has 4 saturated heterocycles. The van der Waals surface area contributed by atoms with Crippen LogP contribution in [0.25, 0.3) is 21.1 Å². The van der Waals surface area contributed by atoms with E-state index in [0.29, 0.717) is 15.6 Å². The molecule has 15 N–H and O–H groups in total. The first-order valence-electron chi connectivity index (χ1n) is 27.9. The van der Waals surface area contributed by atoms with Gasteiger partial charge < -0.3 is 86.9 Å². The van der Waals surface area contributed by atoms with E-state index in [1.54, 1.807) is 12.1 Å². The molecule has 0 spiro atoms. The number of aromatic nitrogens is 2. The van der Waals surface area contributed by atoms with Crippen LogP contribution in [0.4, 0.5) is 5.69 Å². The Hall–Kier alpha value is -7.63. The molecule has 1 aromatic heterocycles. The molecule has 32 heteroatoms. The Balaban J connectivity index is 1.09. The van der Waals surface area contributed by atoms with E-state index in [9.17, 15) is 74.1 Å². The van der Waals surface area contributed by atoms with Crippen LogP contribution in [0.5, 0.6) is 11.5 Å². The number of phenolic OH excluding ortho intramolecular Hbond substituents is 1. The molecule has 0 radical (unpaired) electrons. The number of carbonyl (C=O) groups excluding carboxylic acids is 8. The van der Waals surface area contributed by atoms with Crippen LogP contribution in [-0.2, 0) is 49.4 Å². The number of phenols is 1. The molecular formula is C55H69N11O19S2. The van der Waals surface area contributed by atoms with E-state index in [1.807, 2.05) is 12.1 Å². The molecule has 8 rings (SSSR count). The Kier molecular flexibility index (Phi) is 22.1. The zero-order valence-electron chi connectivity index (χ0n) is 47.0. The minimum Gasteiger partial charge on any atom is -0.504 e. The number of hydrogen-bond acceptors (Lipinski definition) is 24. The summed E-state index contributed by atoms with van der Waals surface area (Å²) < 4.78 is 9.30. The van der Waals surface area contributed by atoms with Gasteiger partial charge in [-0.1, -0.05) is 45.8 Å². The molecule has 0 saturated carbocycles. The van der Waals surface area contributed by atoms with Crippen molar-refractivity contribution < 1.29 is 92.9 Å². The van der Waals surface area contributed by atoms with Gasteiger partial charge in [-0.15, -0.1) is 10.2 Å². The molecule has 470 valence electrons. The van der Waals surface area contributed by atoms with Gasteiger partial charge in [-0.3, -0.25) is 38.4 Å². The van der Waals surface area contributed by atoms with Crippen LogP contribution < -0.4 is 41.4 Å². The minimum absolute atomic E-state index is 0.0170. The van der Waals surface area contributed by atoms with E-state index >= 15 is 0 Å². The Morgan fingerprint density at radius 2 is 1.40 bits per heavy atom. The van der Waals surface area contributed by atoms with Crippen molar-refractivity contribution >= 4 is 76.6 Å². The number of aliphatic hydroxyl groups is 6. The van der Waals surface area contributed by atoms with Crippen molar-refractivity contribution in [1.29, 1.82) is 0 Å². The van der Waals surface area contributed by atoms with Gasteiger partial charge in [-0.05, 0) is 80.3 Å². The second kappa shape index (κ2) is 29.4. The van der Waals surface area contributed by atoms with Crippen molar-refractivity contribution in [2.45, 2.75) is 132 Å². The van der Waals surface area contributed by atoms with Crippen molar-refractivity contribution in [3.05, 3.63) is 77.9 Å². The summed E-state index contributed by atoms with van der Waals surface area (Å²) in [7, 11) is 0. The lowest BCUT2D eigenvalue weighted by Crippen LogP contribution is -2.64. The highest BCUT2D eigenvalue weighted by Crippen LogP contribution is 2.34. The van der Waals surface area contributed by atoms with Gasteiger partial charge in [0.25, 0.3) is 18.2 Å². The highest BCUT2D eigenvalue weighted by atomic mass is 32.2. The number of fused-ring (bicyclic) bond motifs is 2. The lowest BCUT2D eigenvalue weighted by molar-refractivity contribution is -0.433. The number of piperidine rings is 1. The Bertz CT molecular complexity index is 3120. The molecule has 13 unspecified atom stereocenters. The average molecular weight is 1250 g/mol. The number of nitrogens with zero attached hydrogens (tertiary/aromatic N) is 5. The highest BCUT2D eigenvalue weighted by Gasteiger charge is 2.50. The van der Waals surface area contributed by atoms with Gasteiger partial charge in [0.05, 0.1) is 43.0 Å². The van der Waals surface area contributed by atoms with Crippen LogP contribution in [-0.4, -0.2) is 214 Å². The van der Waals surface area contributed by atoms with Gasteiger partial charge in [-0.2, -0.15) is 0 Å². The van der Waals surface area contributed by atoms with Crippen molar-refractivity contribution in [3.8, 4) is 32.6 Å². The number of nitrogens with two attached hydrogens (primary N) is 1. The predicted molar refractivity (Wildman–Crippen MR) is 307 cm³/mol. The van der Waals surface area contributed by atoms with Gasteiger partial charge in [0.15, 0.2) is 11.5 Å². The number of rotatable bonds is 16. The Morgan fingerprint density at radius 1 is 0.770 bits per heavy atom. The predicted octanol–water partition coefficient (Wildman–Crippen LogP) is -2.24. The fourth-order valence-electron chi connectivity index (χ4n) is 10.8. The average Bonchev–Trinajstić information content (AvgIpc) is 2.30. The largest absolute Gasteiger partial charge is 0.504 e. The maximum atomic E-state index is 14.7. The summed E-state index contributed by atoms with van der Waals surface area (Å²) in [5.41, 5.74) is 8.11.